The lowest BCUT2D eigenvalue weighted by Crippen LogP contribution is -2.65. The highest BCUT2D eigenvalue weighted by Gasteiger charge is 2.50. The van der Waals surface area contributed by atoms with Gasteiger partial charge in [0, 0.05) is 19.0 Å². The quantitative estimate of drug-likeness (QED) is 0.633. The van der Waals surface area contributed by atoms with Gasteiger partial charge in [0.15, 0.2) is 0 Å². The number of fused-ring (bicyclic) bond motifs is 3. The number of carboxylic acid groups (broad SMARTS) is 1. The van der Waals surface area contributed by atoms with Gasteiger partial charge in [-0.05, 0) is 35.1 Å². The van der Waals surface area contributed by atoms with Crippen LogP contribution in [0.3, 0.4) is 0 Å². The third-order valence-corrected chi connectivity index (χ3v) is 6.94. The molecule has 1 fully saturated rings. The Bertz CT molecular complexity index is 1010. The SMILES string of the molecule is CCCC(NC(=O)OCC1c2ccccc2-c2ccccc21)C(=O)N1CC(CC)(C(=O)O)C1. The number of carbonyl (C=O) groups is 3. The van der Waals surface area contributed by atoms with Gasteiger partial charge in [-0.3, -0.25) is 9.59 Å². The van der Waals surface area contributed by atoms with Crippen LogP contribution < -0.4 is 5.32 Å². The number of rotatable bonds is 8. The van der Waals surface area contributed by atoms with E-state index in [4.69, 9.17) is 4.74 Å². The molecule has 0 radical (unpaired) electrons. The average Bonchev–Trinajstić information content (AvgIpc) is 3.10. The second-order valence-corrected chi connectivity index (χ2v) is 8.94. The van der Waals surface area contributed by atoms with E-state index in [9.17, 15) is 19.5 Å². The molecule has 0 aromatic heterocycles. The lowest BCUT2D eigenvalue weighted by atomic mass is 9.77. The molecular weight excluding hydrogens is 420 g/mol. The summed E-state index contributed by atoms with van der Waals surface area (Å²) in [5.74, 6) is -1.19. The molecule has 2 aromatic carbocycles. The summed E-state index contributed by atoms with van der Waals surface area (Å²) < 4.78 is 5.58. The highest BCUT2D eigenvalue weighted by Crippen LogP contribution is 2.44. The van der Waals surface area contributed by atoms with Gasteiger partial charge in [0.1, 0.15) is 18.1 Å². The normalized spacial score (nSPS) is 16.8. The number of carboxylic acids is 1. The molecule has 1 unspecified atom stereocenters. The third-order valence-electron chi connectivity index (χ3n) is 6.94. The molecule has 2 aliphatic rings. The molecule has 174 valence electrons. The molecule has 2 N–H and O–H groups in total. The number of nitrogens with zero attached hydrogens (tertiary/aromatic N) is 1. The minimum absolute atomic E-state index is 0.0559. The first-order chi connectivity index (χ1) is 15.9. The van der Waals surface area contributed by atoms with Crippen LogP contribution in [-0.2, 0) is 14.3 Å². The summed E-state index contributed by atoms with van der Waals surface area (Å²) in [5.41, 5.74) is 3.67. The van der Waals surface area contributed by atoms with Crippen LogP contribution in [0.5, 0.6) is 0 Å². The van der Waals surface area contributed by atoms with Crippen LogP contribution in [0, 0.1) is 5.41 Å². The fourth-order valence-corrected chi connectivity index (χ4v) is 4.90. The lowest BCUT2D eigenvalue weighted by molar-refractivity contribution is -0.167. The molecule has 1 aliphatic heterocycles. The third kappa shape index (κ3) is 4.19. The van der Waals surface area contributed by atoms with Crippen molar-refractivity contribution in [2.75, 3.05) is 19.7 Å². The standard InChI is InChI=1S/C26H30N2O5/c1-3-9-22(23(29)28-15-26(4-2,16-28)24(30)31)27-25(32)33-14-21-19-12-7-5-10-17(19)18-11-6-8-13-20(18)21/h5-8,10-13,21-22H,3-4,9,14-16H2,1-2H3,(H,27,32)(H,30,31). The zero-order chi connectivity index (χ0) is 23.6. The van der Waals surface area contributed by atoms with Gasteiger partial charge in [-0.1, -0.05) is 68.8 Å². The van der Waals surface area contributed by atoms with Crippen molar-refractivity contribution in [3.05, 3.63) is 59.7 Å². The van der Waals surface area contributed by atoms with Crippen molar-refractivity contribution in [2.24, 2.45) is 5.41 Å². The van der Waals surface area contributed by atoms with Crippen molar-refractivity contribution in [1.82, 2.24) is 10.2 Å². The number of amides is 2. The molecule has 1 atom stereocenters. The molecule has 0 bridgehead atoms. The summed E-state index contributed by atoms with van der Waals surface area (Å²) in [7, 11) is 0. The first kappa shape index (κ1) is 22.8. The van der Waals surface area contributed by atoms with Gasteiger partial charge in [0.05, 0.1) is 0 Å². The van der Waals surface area contributed by atoms with E-state index in [1.165, 1.54) is 4.90 Å². The first-order valence-corrected chi connectivity index (χ1v) is 11.5. The highest BCUT2D eigenvalue weighted by atomic mass is 16.5. The lowest BCUT2D eigenvalue weighted by Gasteiger charge is -2.47. The Morgan fingerprint density at radius 1 is 1.06 bits per heavy atom. The molecule has 0 spiro atoms. The molecule has 1 saturated heterocycles. The number of carbonyl (C=O) groups excluding carboxylic acids is 2. The Morgan fingerprint density at radius 2 is 1.64 bits per heavy atom. The number of hydrogen-bond donors (Lipinski definition) is 2. The smallest absolute Gasteiger partial charge is 0.407 e. The summed E-state index contributed by atoms with van der Waals surface area (Å²) in [4.78, 5) is 38.6. The molecule has 1 aliphatic carbocycles. The maximum atomic E-state index is 12.9. The van der Waals surface area contributed by atoms with Crippen LogP contribution in [0.2, 0.25) is 0 Å². The molecular formula is C26H30N2O5. The molecule has 33 heavy (non-hydrogen) atoms. The van der Waals surface area contributed by atoms with Gasteiger partial charge < -0.3 is 20.1 Å². The number of nitrogens with one attached hydrogen (secondary N) is 1. The molecule has 0 saturated carbocycles. The van der Waals surface area contributed by atoms with E-state index in [0.717, 1.165) is 22.3 Å². The van der Waals surface area contributed by atoms with Gasteiger partial charge in [-0.2, -0.15) is 0 Å². The van der Waals surface area contributed by atoms with Crippen molar-refractivity contribution in [3.63, 3.8) is 0 Å². The van der Waals surface area contributed by atoms with Crippen LogP contribution in [0.4, 0.5) is 4.79 Å². The van der Waals surface area contributed by atoms with E-state index in [1.807, 2.05) is 38.1 Å². The summed E-state index contributed by atoms with van der Waals surface area (Å²) in [6, 6.07) is 15.5. The van der Waals surface area contributed by atoms with E-state index in [1.54, 1.807) is 0 Å². The topological polar surface area (TPSA) is 95.9 Å². The summed E-state index contributed by atoms with van der Waals surface area (Å²) in [5, 5.41) is 12.2. The van der Waals surface area contributed by atoms with Crippen molar-refractivity contribution >= 4 is 18.0 Å². The second kappa shape index (κ2) is 9.25. The van der Waals surface area contributed by atoms with E-state index in [2.05, 4.69) is 29.6 Å². The zero-order valence-corrected chi connectivity index (χ0v) is 19.0. The van der Waals surface area contributed by atoms with Crippen LogP contribution in [0.15, 0.2) is 48.5 Å². The van der Waals surface area contributed by atoms with Gasteiger partial charge in [-0.25, -0.2) is 4.79 Å². The number of ether oxygens (including phenoxy) is 1. The Balaban J connectivity index is 1.38. The Labute approximate surface area is 193 Å². The van der Waals surface area contributed by atoms with Crippen molar-refractivity contribution in [2.45, 2.75) is 45.1 Å². The second-order valence-electron chi connectivity index (χ2n) is 8.94. The maximum absolute atomic E-state index is 12.9. The number of aliphatic carboxylic acids is 1. The number of likely N-dealkylation sites (tertiary alicyclic amines) is 1. The molecule has 2 amide bonds. The average molecular weight is 451 g/mol. The molecule has 2 aromatic rings. The Hall–Kier alpha value is -3.35. The van der Waals surface area contributed by atoms with Crippen LogP contribution in [-0.4, -0.2) is 53.7 Å². The molecule has 4 rings (SSSR count). The molecule has 7 heteroatoms. The number of benzene rings is 2. The Morgan fingerprint density at radius 3 is 2.15 bits per heavy atom. The largest absolute Gasteiger partial charge is 0.481 e. The van der Waals surface area contributed by atoms with Gasteiger partial charge in [-0.15, -0.1) is 0 Å². The van der Waals surface area contributed by atoms with Gasteiger partial charge in [0.2, 0.25) is 5.91 Å². The van der Waals surface area contributed by atoms with Crippen LogP contribution in [0.25, 0.3) is 11.1 Å². The fraction of sp³-hybridized carbons (Fsp3) is 0.423. The highest BCUT2D eigenvalue weighted by molar-refractivity contribution is 5.89. The van der Waals surface area contributed by atoms with Crippen LogP contribution >= 0.6 is 0 Å². The fourth-order valence-electron chi connectivity index (χ4n) is 4.90. The van der Waals surface area contributed by atoms with E-state index < -0.39 is 23.5 Å². The predicted molar refractivity (Wildman–Crippen MR) is 124 cm³/mol. The van der Waals surface area contributed by atoms with Crippen molar-refractivity contribution in [3.8, 4) is 11.1 Å². The van der Waals surface area contributed by atoms with E-state index >= 15 is 0 Å². The molecule has 7 nitrogen and oxygen atoms in total. The number of hydrogen-bond acceptors (Lipinski definition) is 4. The molecule has 1 heterocycles. The van der Waals surface area contributed by atoms with Crippen molar-refractivity contribution < 1.29 is 24.2 Å². The number of alkyl carbamates (subject to hydrolysis) is 1. The van der Waals surface area contributed by atoms with Crippen LogP contribution in [0.1, 0.15) is 50.2 Å². The van der Waals surface area contributed by atoms with Gasteiger partial charge >= 0.3 is 12.1 Å². The van der Waals surface area contributed by atoms with E-state index in [-0.39, 0.29) is 31.5 Å². The van der Waals surface area contributed by atoms with E-state index in [0.29, 0.717) is 19.3 Å². The monoisotopic (exact) mass is 450 g/mol. The minimum Gasteiger partial charge on any atom is -0.481 e. The summed E-state index contributed by atoms with van der Waals surface area (Å²) in [6.45, 7) is 4.26. The zero-order valence-electron chi connectivity index (χ0n) is 19.0. The summed E-state index contributed by atoms with van der Waals surface area (Å²) >= 11 is 0. The first-order valence-electron chi connectivity index (χ1n) is 11.5. The van der Waals surface area contributed by atoms with Gasteiger partial charge in [0.25, 0.3) is 0 Å². The maximum Gasteiger partial charge on any atom is 0.407 e. The van der Waals surface area contributed by atoms with Crippen molar-refractivity contribution in [1.29, 1.82) is 0 Å². The summed E-state index contributed by atoms with van der Waals surface area (Å²) in [6.07, 6.45) is 0.992. The minimum atomic E-state index is -0.884. The Kier molecular flexibility index (Phi) is 6.40. The predicted octanol–water partition coefficient (Wildman–Crippen LogP) is 4.02.